The van der Waals surface area contributed by atoms with Crippen molar-refractivity contribution in [2.75, 3.05) is 0 Å². The van der Waals surface area contributed by atoms with Crippen LogP contribution in [-0.4, -0.2) is 17.3 Å². The van der Waals surface area contributed by atoms with Crippen molar-refractivity contribution in [3.05, 3.63) is 40.9 Å². The predicted molar refractivity (Wildman–Crippen MR) is 73.9 cm³/mol. The first-order valence-corrected chi connectivity index (χ1v) is 6.70. The summed E-state index contributed by atoms with van der Waals surface area (Å²) in [4.78, 5) is 11.1. The van der Waals surface area contributed by atoms with E-state index in [0.717, 1.165) is 6.08 Å². The Morgan fingerprint density at radius 3 is 2.19 bits per heavy atom. The Kier molecular flexibility index (Phi) is 3.82. The van der Waals surface area contributed by atoms with Gasteiger partial charge in [-0.15, -0.1) is 0 Å². The van der Waals surface area contributed by atoms with Crippen LogP contribution >= 0.6 is 11.6 Å². The smallest absolute Gasteiger partial charge is 0.416 e. The summed E-state index contributed by atoms with van der Waals surface area (Å²) >= 11 is 5.68. The summed E-state index contributed by atoms with van der Waals surface area (Å²) < 4.78 is 39.7. The van der Waals surface area contributed by atoms with Gasteiger partial charge in [-0.2, -0.15) is 13.2 Å². The van der Waals surface area contributed by atoms with Crippen molar-refractivity contribution >= 4 is 23.1 Å². The third-order valence-corrected chi connectivity index (χ3v) is 4.24. The van der Waals surface area contributed by atoms with Crippen molar-refractivity contribution in [3.63, 3.8) is 0 Å². The van der Waals surface area contributed by atoms with Crippen LogP contribution in [0, 0.1) is 17.3 Å². The van der Waals surface area contributed by atoms with Gasteiger partial charge in [0.15, 0.2) is 0 Å². The Labute approximate surface area is 125 Å². The van der Waals surface area contributed by atoms with Gasteiger partial charge in [-0.1, -0.05) is 43.7 Å². The average molecular weight is 319 g/mol. The summed E-state index contributed by atoms with van der Waals surface area (Å²) in [6.45, 7) is 3.31. The van der Waals surface area contributed by atoms with Crippen LogP contribution in [0.5, 0.6) is 0 Å². The lowest BCUT2D eigenvalue weighted by Gasteiger charge is -2.12. The molecule has 21 heavy (non-hydrogen) atoms. The molecule has 0 amide bonds. The van der Waals surface area contributed by atoms with Gasteiger partial charge >= 0.3 is 12.1 Å². The van der Waals surface area contributed by atoms with Crippen LogP contribution in [0.3, 0.4) is 0 Å². The van der Waals surface area contributed by atoms with Crippen LogP contribution in [0.2, 0.25) is 5.02 Å². The van der Waals surface area contributed by atoms with Gasteiger partial charge in [0.05, 0.1) is 11.5 Å². The zero-order valence-corrected chi connectivity index (χ0v) is 12.2. The van der Waals surface area contributed by atoms with E-state index in [1.54, 1.807) is 13.8 Å². The van der Waals surface area contributed by atoms with Crippen LogP contribution in [-0.2, 0) is 4.79 Å². The molecule has 6 heteroatoms. The van der Waals surface area contributed by atoms with E-state index in [9.17, 15) is 18.0 Å². The maximum Gasteiger partial charge on any atom is 0.416 e. The number of hydrogen-bond acceptors (Lipinski definition) is 1. The summed E-state index contributed by atoms with van der Waals surface area (Å²) in [5, 5.41) is 9.40. The standard InChI is InChI=1S/C15H14ClF3O2/c1-14(2)11(12(14)13(20)21)7-10(15(17,18)19)8-3-5-9(16)6-4-8/h3-7,11-12H,1-2H3,(H,20,21). The quantitative estimate of drug-likeness (QED) is 0.881. The minimum atomic E-state index is -4.55. The first kappa shape index (κ1) is 15.9. The molecule has 2 rings (SSSR count). The number of benzene rings is 1. The maximum absolute atomic E-state index is 13.2. The lowest BCUT2D eigenvalue weighted by Crippen LogP contribution is -2.11. The van der Waals surface area contributed by atoms with Crippen molar-refractivity contribution in [1.29, 1.82) is 0 Å². The van der Waals surface area contributed by atoms with E-state index >= 15 is 0 Å². The summed E-state index contributed by atoms with van der Waals surface area (Å²) in [5.41, 5.74) is -1.51. The molecule has 2 unspecified atom stereocenters. The number of allylic oxidation sites excluding steroid dienone is 2. The Bertz CT molecular complexity index is 588. The number of carbonyl (C=O) groups is 1. The lowest BCUT2D eigenvalue weighted by atomic mass is 10.0. The first-order chi connectivity index (χ1) is 9.55. The molecule has 1 aliphatic carbocycles. The highest BCUT2D eigenvalue weighted by Crippen LogP contribution is 2.60. The molecule has 2 nitrogen and oxygen atoms in total. The van der Waals surface area contributed by atoms with Crippen molar-refractivity contribution in [3.8, 4) is 0 Å². The highest BCUT2D eigenvalue weighted by molar-refractivity contribution is 6.30. The Hall–Kier alpha value is -1.49. The topological polar surface area (TPSA) is 37.3 Å². The minimum absolute atomic E-state index is 0.0151. The molecule has 2 atom stereocenters. The van der Waals surface area contributed by atoms with Gasteiger partial charge < -0.3 is 5.11 Å². The highest BCUT2D eigenvalue weighted by atomic mass is 35.5. The molecular formula is C15H14ClF3O2. The minimum Gasteiger partial charge on any atom is -0.481 e. The molecule has 0 aromatic heterocycles. The van der Waals surface area contributed by atoms with E-state index in [4.69, 9.17) is 16.7 Å². The molecular weight excluding hydrogens is 305 g/mol. The second kappa shape index (κ2) is 5.05. The van der Waals surface area contributed by atoms with Crippen molar-refractivity contribution in [1.82, 2.24) is 0 Å². The molecule has 0 saturated heterocycles. The van der Waals surface area contributed by atoms with E-state index in [-0.39, 0.29) is 5.56 Å². The van der Waals surface area contributed by atoms with Gasteiger partial charge in [0.2, 0.25) is 0 Å². The molecule has 1 saturated carbocycles. The van der Waals surface area contributed by atoms with Gasteiger partial charge in [0.1, 0.15) is 0 Å². The summed E-state index contributed by atoms with van der Waals surface area (Å²) in [6.07, 6.45) is -3.52. The molecule has 1 N–H and O–H groups in total. The summed E-state index contributed by atoms with van der Waals surface area (Å²) in [6, 6.07) is 5.33. The second-order valence-electron chi connectivity index (χ2n) is 5.75. The molecule has 114 valence electrons. The summed E-state index contributed by atoms with van der Waals surface area (Å²) in [5.74, 6) is -2.50. The fourth-order valence-electron chi connectivity index (χ4n) is 2.62. The Balaban J connectivity index is 2.41. The van der Waals surface area contributed by atoms with Crippen LogP contribution in [0.4, 0.5) is 13.2 Å². The number of carboxylic acids is 1. The number of hydrogen-bond donors (Lipinski definition) is 1. The Morgan fingerprint density at radius 1 is 1.29 bits per heavy atom. The van der Waals surface area contributed by atoms with Gasteiger partial charge in [0.25, 0.3) is 0 Å². The van der Waals surface area contributed by atoms with Crippen molar-refractivity contribution in [2.24, 2.45) is 17.3 Å². The Morgan fingerprint density at radius 2 is 1.81 bits per heavy atom. The number of alkyl halides is 3. The molecule has 1 aromatic carbocycles. The van der Waals surface area contributed by atoms with E-state index in [0.29, 0.717) is 5.02 Å². The fourth-order valence-corrected chi connectivity index (χ4v) is 2.75. The van der Waals surface area contributed by atoms with Gasteiger partial charge in [-0.05, 0) is 29.0 Å². The van der Waals surface area contributed by atoms with Crippen molar-refractivity contribution < 1.29 is 23.1 Å². The van der Waals surface area contributed by atoms with Crippen LogP contribution < -0.4 is 0 Å². The van der Waals surface area contributed by atoms with Gasteiger partial charge in [-0.25, -0.2) is 0 Å². The molecule has 0 spiro atoms. The number of rotatable bonds is 3. The third kappa shape index (κ3) is 3.07. The molecule has 1 aliphatic rings. The lowest BCUT2D eigenvalue weighted by molar-refractivity contribution is -0.139. The number of aliphatic carboxylic acids is 1. The highest BCUT2D eigenvalue weighted by Gasteiger charge is 2.61. The second-order valence-corrected chi connectivity index (χ2v) is 6.18. The largest absolute Gasteiger partial charge is 0.481 e. The van der Waals surface area contributed by atoms with Crippen molar-refractivity contribution in [2.45, 2.75) is 20.0 Å². The zero-order valence-electron chi connectivity index (χ0n) is 11.4. The molecule has 0 bridgehead atoms. The van der Waals surface area contributed by atoms with Crippen LogP contribution in [0.25, 0.3) is 5.57 Å². The first-order valence-electron chi connectivity index (χ1n) is 6.33. The van der Waals surface area contributed by atoms with E-state index in [1.165, 1.54) is 24.3 Å². The monoisotopic (exact) mass is 318 g/mol. The van der Waals surface area contributed by atoms with Gasteiger partial charge in [0, 0.05) is 5.02 Å². The summed E-state index contributed by atoms with van der Waals surface area (Å²) in [7, 11) is 0. The van der Waals surface area contributed by atoms with Crippen LogP contribution in [0.15, 0.2) is 30.3 Å². The molecule has 1 fully saturated rings. The number of carboxylic acid groups (broad SMARTS) is 1. The average Bonchev–Trinajstić information content (AvgIpc) is 2.88. The predicted octanol–water partition coefficient (Wildman–Crippen LogP) is 4.64. The van der Waals surface area contributed by atoms with Crippen LogP contribution in [0.1, 0.15) is 19.4 Å². The van der Waals surface area contributed by atoms with E-state index in [1.807, 2.05) is 0 Å². The van der Waals surface area contributed by atoms with E-state index < -0.39 is 35.0 Å². The molecule has 1 aromatic rings. The SMILES string of the molecule is CC1(C)C(C=C(c2ccc(Cl)cc2)C(F)(F)F)C1C(=O)O. The molecule has 0 radical (unpaired) electrons. The normalized spacial score (nSPS) is 24.8. The maximum atomic E-state index is 13.2. The zero-order chi connectivity index (χ0) is 16.0. The number of halogens is 4. The van der Waals surface area contributed by atoms with E-state index in [2.05, 4.69) is 0 Å². The molecule has 0 aliphatic heterocycles. The fraction of sp³-hybridized carbons (Fsp3) is 0.400. The third-order valence-electron chi connectivity index (χ3n) is 3.98. The molecule has 0 heterocycles. The van der Waals surface area contributed by atoms with Gasteiger partial charge in [-0.3, -0.25) is 4.79 Å².